The molecule has 15 heteroatoms. The number of halogens is 3. The predicted octanol–water partition coefficient (Wildman–Crippen LogP) is 3.86. The molecule has 4 heterocycles. The summed E-state index contributed by atoms with van der Waals surface area (Å²) in [6, 6.07) is 2.97. The fraction of sp³-hybridized carbons (Fsp3) is 0.464. The van der Waals surface area contributed by atoms with Gasteiger partial charge in [-0.3, -0.25) is 20.0 Å². The SMILES string of the molecule is CCNC(=O)Nc1cc(-c2nc(C(F)(F)F)c(CNCCN3CCN(C)CC3)s2)c(-c2cncc(C)c2)cn1.COC=O. The molecule has 0 unspecified atom stereocenters. The Bertz CT molecular complexity index is 1350. The van der Waals surface area contributed by atoms with Crippen LogP contribution in [0.5, 0.6) is 0 Å². The number of ether oxygens (including phenoxy) is 1. The van der Waals surface area contributed by atoms with Crippen molar-refractivity contribution in [3.05, 3.63) is 46.9 Å². The molecule has 0 spiro atoms. The van der Waals surface area contributed by atoms with E-state index in [-0.39, 0.29) is 22.2 Å². The predicted molar refractivity (Wildman–Crippen MR) is 160 cm³/mol. The van der Waals surface area contributed by atoms with E-state index in [1.807, 2.05) is 13.0 Å². The van der Waals surface area contributed by atoms with Crippen molar-refractivity contribution < 1.29 is 27.5 Å². The molecule has 2 amide bonds. The number of rotatable bonds is 10. The number of pyridine rings is 2. The van der Waals surface area contributed by atoms with E-state index in [2.05, 4.69) is 52.5 Å². The van der Waals surface area contributed by atoms with Crippen LogP contribution in [0, 0.1) is 6.92 Å². The fourth-order valence-electron chi connectivity index (χ4n) is 4.27. The minimum atomic E-state index is -4.61. The molecule has 3 aromatic heterocycles. The monoisotopic (exact) mass is 622 g/mol. The van der Waals surface area contributed by atoms with Crippen LogP contribution in [0.4, 0.5) is 23.8 Å². The standard InChI is InChI=1S/C26H33F3N8OS.C2H4O2/c1-4-32-25(38)34-22-12-19(20(15-33-22)18-11-17(2)13-31-14-18)24-35-23(26(27,28)29)21(39-24)16-30-5-6-37-9-7-36(3)8-10-37;1-4-2-3/h11-15,30H,4-10,16H2,1-3H3,(H2,32,33,34,38);2H,1H3. The van der Waals surface area contributed by atoms with Crippen LogP contribution in [-0.4, -0.2) is 97.2 Å². The Kier molecular flexibility index (Phi) is 12.8. The third-order valence-electron chi connectivity index (χ3n) is 6.45. The maximum absolute atomic E-state index is 14.0. The third-order valence-corrected chi connectivity index (χ3v) is 7.54. The number of methoxy groups -OCH3 is 1. The summed E-state index contributed by atoms with van der Waals surface area (Å²) in [6.07, 6.45) is 0.238. The largest absolute Gasteiger partial charge is 0.471 e. The highest BCUT2D eigenvalue weighted by molar-refractivity contribution is 7.15. The molecule has 234 valence electrons. The van der Waals surface area contributed by atoms with E-state index in [0.29, 0.717) is 36.3 Å². The Hall–Kier alpha value is -3.66. The van der Waals surface area contributed by atoms with Crippen molar-refractivity contribution in [2.24, 2.45) is 0 Å². The van der Waals surface area contributed by atoms with Crippen molar-refractivity contribution in [3.8, 4) is 21.7 Å². The summed E-state index contributed by atoms with van der Waals surface area (Å²) in [5, 5.41) is 8.61. The van der Waals surface area contributed by atoms with Crippen molar-refractivity contribution in [3.63, 3.8) is 0 Å². The number of aryl methyl sites for hydroxylation is 1. The lowest BCUT2D eigenvalue weighted by atomic mass is 10.0. The number of alkyl halides is 3. The van der Waals surface area contributed by atoms with Crippen molar-refractivity contribution in [1.29, 1.82) is 0 Å². The first-order valence-corrected chi connectivity index (χ1v) is 14.5. The number of thiazole rings is 1. The summed E-state index contributed by atoms with van der Waals surface area (Å²) in [5.74, 6) is 0.205. The van der Waals surface area contributed by atoms with Crippen LogP contribution in [0.3, 0.4) is 0 Å². The molecule has 0 atom stereocenters. The van der Waals surface area contributed by atoms with Gasteiger partial charge >= 0.3 is 12.2 Å². The van der Waals surface area contributed by atoms with Crippen LogP contribution in [0.15, 0.2) is 30.7 Å². The van der Waals surface area contributed by atoms with Gasteiger partial charge in [-0.2, -0.15) is 13.2 Å². The number of hydrogen-bond donors (Lipinski definition) is 3. The molecule has 1 fully saturated rings. The second-order valence-corrected chi connectivity index (χ2v) is 10.9. The minimum Gasteiger partial charge on any atom is -0.471 e. The van der Waals surface area contributed by atoms with Gasteiger partial charge in [0.25, 0.3) is 6.47 Å². The second-order valence-electron chi connectivity index (χ2n) is 9.79. The van der Waals surface area contributed by atoms with E-state index < -0.39 is 17.9 Å². The van der Waals surface area contributed by atoms with Gasteiger partial charge in [-0.05, 0) is 38.6 Å². The third kappa shape index (κ3) is 10.2. The Morgan fingerprint density at radius 2 is 1.86 bits per heavy atom. The van der Waals surface area contributed by atoms with Gasteiger partial charge in [-0.25, -0.2) is 14.8 Å². The van der Waals surface area contributed by atoms with E-state index in [1.54, 1.807) is 25.4 Å². The Labute approximate surface area is 252 Å². The van der Waals surface area contributed by atoms with Crippen LogP contribution in [-0.2, 0) is 22.3 Å². The van der Waals surface area contributed by atoms with E-state index in [0.717, 1.165) is 49.6 Å². The number of nitrogens with one attached hydrogen (secondary N) is 3. The molecule has 3 aromatic rings. The molecular weight excluding hydrogens is 585 g/mol. The molecule has 11 nitrogen and oxygen atoms in total. The number of hydrogen-bond acceptors (Lipinski definition) is 10. The van der Waals surface area contributed by atoms with Crippen LogP contribution in [0.1, 0.15) is 23.1 Å². The molecule has 3 N–H and O–H groups in total. The van der Waals surface area contributed by atoms with Crippen molar-refractivity contribution in [1.82, 2.24) is 35.4 Å². The van der Waals surface area contributed by atoms with Crippen LogP contribution < -0.4 is 16.0 Å². The normalized spacial score (nSPS) is 14.0. The number of piperazine rings is 1. The zero-order chi connectivity index (χ0) is 31.4. The summed E-state index contributed by atoms with van der Waals surface area (Å²) in [4.78, 5) is 38.3. The second kappa shape index (κ2) is 16.3. The highest BCUT2D eigenvalue weighted by atomic mass is 32.1. The van der Waals surface area contributed by atoms with Crippen LogP contribution >= 0.6 is 11.3 Å². The number of urea groups is 1. The Morgan fingerprint density at radius 1 is 1.14 bits per heavy atom. The van der Waals surface area contributed by atoms with Crippen LogP contribution in [0.2, 0.25) is 0 Å². The highest BCUT2D eigenvalue weighted by Gasteiger charge is 2.37. The van der Waals surface area contributed by atoms with Crippen LogP contribution in [0.25, 0.3) is 21.7 Å². The number of anilines is 1. The molecule has 43 heavy (non-hydrogen) atoms. The topological polar surface area (TPSA) is 125 Å². The van der Waals surface area contributed by atoms with Crippen molar-refractivity contribution in [2.45, 2.75) is 26.6 Å². The molecule has 0 aromatic carbocycles. The van der Waals surface area contributed by atoms with Gasteiger partial charge in [0.15, 0.2) is 5.69 Å². The lowest BCUT2D eigenvalue weighted by molar-refractivity contribution is -0.141. The van der Waals surface area contributed by atoms with E-state index in [9.17, 15) is 18.0 Å². The summed E-state index contributed by atoms with van der Waals surface area (Å²) in [5.41, 5.74) is 1.69. The summed E-state index contributed by atoms with van der Waals surface area (Å²) in [7, 11) is 3.39. The molecular formula is C28H37F3N8O3S. The zero-order valence-electron chi connectivity index (χ0n) is 24.6. The number of aromatic nitrogens is 3. The van der Waals surface area contributed by atoms with Gasteiger partial charge in [-0.1, -0.05) is 0 Å². The average Bonchev–Trinajstić information content (AvgIpc) is 3.41. The zero-order valence-corrected chi connectivity index (χ0v) is 25.4. The smallest absolute Gasteiger partial charge is 0.434 e. The maximum atomic E-state index is 14.0. The molecule has 0 saturated carbocycles. The number of carbonyl (C=O) groups is 2. The first kappa shape index (κ1) is 33.8. The summed E-state index contributed by atoms with van der Waals surface area (Å²) < 4.78 is 46.0. The Morgan fingerprint density at radius 3 is 2.49 bits per heavy atom. The Balaban J connectivity index is 0.00000119. The fourth-order valence-corrected chi connectivity index (χ4v) is 5.35. The molecule has 0 bridgehead atoms. The summed E-state index contributed by atoms with van der Waals surface area (Å²) in [6.45, 7) is 9.71. The molecule has 1 aliphatic heterocycles. The molecule has 0 radical (unpaired) electrons. The van der Waals surface area contributed by atoms with Gasteiger partial charge in [0.05, 0.1) is 12.0 Å². The van der Waals surface area contributed by atoms with Crippen molar-refractivity contribution >= 4 is 29.7 Å². The molecule has 0 aliphatic carbocycles. The minimum absolute atomic E-state index is 0.0523. The van der Waals surface area contributed by atoms with E-state index >= 15 is 0 Å². The average molecular weight is 623 g/mol. The van der Waals surface area contributed by atoms with Gasteiger partial charge in [0.1, 0.15) is 10.8 Å². The highest BCUT2D eigenvalue weighted by Crippen LogP contribution is 2.41. The van der Waals surface area contributed by atoms with Gasteiger partial charge < -0.3 is 20.3 Å². The number of nitrogens with zero attached hydrogens (tertiary/aromatic N) is 5. The first-order valence-electron chi connectivity index (χ1n) is 13.7. The number of amides is 2. The number of carbonyl (C=O) groups excluding carboxylic acids is 2. The first-order chi connectivity index (χ1) is 20.5. The molecule has 4 rings (SSSR count). The lowest BCUT2D eigenvalue weighted by Crippen LogP contribution is -2.46. The van der Waals surface area contributed by atoms with Gasteiger partial charge in [0, 0.05) is 87.6 Å². The van der Waals surface area contributed by atoms with Gasteiger partial charge in [-0.15, -0.1) is 11.3 Å². The molecule has 1 saturated heterocycles. The van der Waals surface area contributed by atoms with Crippen molar-refractivity contribution in [2.75, 3.05) is 65.3 Å². The number of likely N-dealkylation sites (N-methyl/N-ethyl adjacent to an activating group) is 1. The quantitative estimate of drug-likeness (QED) is 0.228. The maximum Gasteiger partial charge on any atom is 0.434 e. The van der Waals surface area contributed by atoms with E-state index in [4.69, 9.17) is 4.79 Å². The lowest BCUT2D eigenvalue weighted by Gasteiger charge is -2.32. The van der Waals surface area contributed by atoms with E-state index in [1.165, 1.54) is 13.3 Å². The summed E-state index contributed by atoms with van der Waals surface area (Å²) >= 11 is 0.986. The van der Waals surface area contributed by atoms with Gasteiger partial charge in [0.2, 0.25) is 0 Å². The molecule has 1 aliphatic rings.